The molecular weight excluding hydrogens is 234 g/mol. The van der Waals surface area contributed by atoms with E-state index in [4.69, 9.17) is 0 Å². The van der Waals surface area contributed by atoms with Crippen LogP contribution in [0.15, 0.2) is 0 Å². The lowest BCUT2D eigenvalue weighted by atomic mass is 10.2. The standard InChI is InChI=1S/C12H21N3O3/c1-3-6-14-10(16)5-7-13-9-8-11(17)15(4-2)12(9)18/h9,13H,3-8H2,1-2H3,(H,14,16). The van der Waals surface area contributed by atoms with Gasteiger partial charge in [-0.25, -0.2) is 0 Å². The second-order valence-corrected chi connectivity index (χ2v) is 4.29. The summed E-state index contributed by atoms with van der Waals surface area (Å²) in [6, 6.07) is -0.462. The molecule has 1 aliphatic rings. The molecule has 0 aromatic rings. The molecule has 1 unspecified atom stereocenters. The predicted octanol–water partition coefficient (Wildman–Crippen LogP) is -0.360. The van der Waals surface area contributed by atoms with E-state index in [0.29, 0.717) is 26.1 Å². The van der Waals surface area contributed by atoms with Crippen molar-refractivity contribution in [1.29, 1.82) is 0 Å². The zero-order valence-electron chi connectivity index (χ0n) is 11.0. The van der Waals surface area contributed by atoms with Gasteiger partial charge in [0.05, 0.1) is 12.5 Å². The van der Waals surface area contributed by atoms with Crippen LogP contribution in [0.2, 0.25) is 0 Å². The molecule has 3 amide bonds. The maximum Gasteiger partial charge on any atom is 0.246 e. The number of carbonyl (C=O) groups is 3. The van der Waals surface area contributed by atoms with Crippen molar-refractivity contribution in [3.63, 3.8) is 0 Å². The molecule has 0 spiro atoms. The summed E-state index contributed by atoms with van der Waals surface area (Å²) >= 11 is 0. The van der Waals surface area contributed by atoms with Crippen LogP contribution in [0.4, 0.5) is 0 Å². The largest absolute Gasteiger partial charge is 0.356 e. The topological polar surface area (TPSA) is 78.5 Å². The number of nitrogens with one attached hydrogen (secondary N) is 2. The van der Waals surface area contributed by atoms with Gasteiger partial charge in [-0.15, -0.1) is 0 Å². The number of amides is 3. The van der Waals surface area contributed by atoms with Crippen LogP contribution in [0.1, 0.15) is 33.1 Å². The molecule has 0 aromatic heterocycles. The summed E-state index contributed by atoms with van der Waals surface area (Å²) in [4.78, 5) is 35.8. The van der Waals surface area contributed by atoms with E-state index in [1.807, 2.05) is 6.92 Å². The minimum Gasteiger partial charge on any atom is -0.356 e. The third kappa shape index (κ3) is 3.80. The van der Waals surface area contributed by atoms with E-state index in [0.717, 1.165) is 6.42 Å². The van der Waals surface area contributed by atoms with Gasteiger partial charge in [-0.2, -0.15) is 0 Å². The first-order valence-corrected chi connectivity index (χ1v) is 6.44. The summed E-state index contributed by atoms with van der Waals surface area (Å²) < 4.78 is 0. The molecular formula is C12H21N3O3. The molecule has 6 nitrogen and oxygen atoms in total. The molecule has 1 atom stereocenters. The Balaban J connectivity index is 2.26. The van der Waals surface area contributed by atoms with Crippen molar-refractivity contribution in [3.8, 4) is 0 Å². The van der Waals surface area contributed by atoms with Crippen molar-refractivity contribution in [2.24, 2.45) is 0 Å². The smallest absolute Gasteiger partial charge is 0.246 e. The van der Waals surface area contributed by atoms with Gasteiger partial charge in [0.2, 0.25) is 17.7 Å². The molecule has 1 fully saturated rings. The quantitative estimate of drug-likeness (QED) is 0.609. The summed E-state index contributed by atoms with van der Waals surface area (Å²) in [6.07, 6.45) is 1.42. The lowest BCUT2D eigenvalue weighted by Gasteiger charge is -2.12. The van der Waals surface area contributed by atoms with Crippen LogP contribution in [0, 0.1) is 0 Å². The SMILES string of the molecule is CCCNC(=O)CCNC1CC(=O)N(CC)C1=O. The highest BCUT2D eigenvalue weighted by molar-refractivity contribution is 6.05. The Morgan fingerprint density at radius 2 is 2.06 bits per heavy atom. The summed E-state index contributed by atoms with van der Waals surface area (Å²) in [5, 5.41) is 5.72. The van der Waals surface area contributed by atoms with Crippen LogP contribution in [-0.4, -0.2) is 48.3 Å². The van der Waals surface area contributed by atoms with E-state index < -0.39 is 6.04 Å². The average Bonchev–Trinajstić information content (AvgIpc) is 2.61. The van der Waals surface area contributed by atoms with E-state index in [1.54, 1.807) is 6.92 Å². The highest BCUT2D eigenvalue weighted by atomic mass is 16.2. The summed E-state index contributed by atoms with van der Waals surface area (Å²) in [7, 11) is 0. The van der Waals surface area contributed by atoms with Crippen molar-refractivity contribution >= 4 is 17.7 Å². The average molecular weight is 255 g/mol. The number of nitrogens with zero attached hydrogens (tertiary/aromatic N) is 1. The second-order valence-electron chi connectivity index (χ2n) is 4.29. The zero-order chi connectivity index (χ0) is 13.5. The molecule has 0 saturated carbocycles. The highest BCUT2D eigenvalue weighted by Gasteiger charge is 2.36. The van der Waals surface area contributed by atoms with Gasteiger partial charge in [0, 0.05) is 26.1 Å². The van der Waals surface area contributed by atoms with Gasteiger partial charge < -0.3 is 10.6 Å². The number of hydrogen-bond donors (Lipinski definition) is 2. The van der Waals surface area contributed by atoms with E-state index in [2.05, 4.69) is 10.6 Å². The molecule has 2 N–H and O–H groups in total. The molecule has 0 aliphatic carbocycles. The molecule has 6 heteroatoms. The normalized spacial score (nSPS) is 19.4. The fourth-order valence-electron chi connectivity index (χ4n) is 1.89. The molecule has 1 aliphatic heterocycles. The Bertz CT molecular complexity index is 331. The Labute approximate surface area is 107 Å². The number of carbonyl (C=O) groups excluding carboxylic acids is 3. The zero-order valence-corrected chi connectivity index (χ0v) is 11.0. The number of hydrogen-bond acceptors (Lipinski definition) is 4. The first-order chi connectivity index (χ1) is 8.60. The van der Waals surface area contributed by atoms with Gasteiger partial charge in [0.1, 0.15) is 0 Å². The van der Waals surface area contributed by atoms with Crippen LogP contribution in [0.25, 0.3) is 0 Å². The van der Waals surface area contributed by atoms with Gasteiger partial charge in [-0.05, 0) is 13.3 Å². The van der Waals surface area contributed by atoms with Crippen LogP contribution < -0.4 is 10.6 Å². The maximum atomic E-state index is 11.7. The molecule has 18 heavy (non-hydrogen) atoms. The van der Waals surface area contributed by atoms with Gasteiger partial charge in [-0.3, -0.25) is 19.3 Å². The number of likely N-dealkylation sites (N-methyl/N-ethyl adjacent to an activating group) is 1. The minimum absolute atomic E-state index is 0.0338. The summed E-state index contributed by atoms with van der Waals surface area (Å²) in [5.41, 5.74) is 0. The Morgan fingerprint density at radius 3 is 2.61 bits per heavy atom. The third-order valence-electron chi connectivity index (χ3n) is 2.88. The Morgan fingerprint density at radius 1 is 1.33 bits per heavy atom. The number of rotatable bonds is 7. The first-order valence-electron chi connectivity index (χ1n) is 6.44. The van der Waals surface area contributed by atoms with Crippen molar-refractivity contribution in [2.45, 2.75) is 39.2 Å². The molecule has 1 heterocycles. The molecule has 102 valence electrons. The number of imide groups is 1. The Hall–Kier alpha value is -1.43. The van der Waals surface area contributed by atoms with Crippen molar-refractivity contribution in [3.05, 3.63) is 0 Å². The van der Waals surface area contributed by atoms with E-state index in [-0.39, 0.29) is 24.1 Å². The minimum atomic E-state index is -0.462. The molecule has 0 bridgehead atoms. The number of likely N-dealkylation sites (tertiary alicyclic amines) is 1. The molecule has 0 aromatic carbocycles. The maximum absolute atomic E-state index is 11.7. The van der Waals surface area contributed by atoms with Crippen LogP contribution in [0.3, 0.4) is 0 Å². The van der Waals surface area contributed by atoms with Crippen molar-refractivity contribution in [1.82, 2.24) is 15.5 Å². The van der Waals surface area contributed by atoms with Gasteiger partial charge in [0.15, 0.2) is 0 Å². The first kappa shape index (κ1) is 14.6. The monoisotopic (exact) mass is 255 g/mol. The van der Waals surface area contributed by atoms with Crippen molar-refractivity contribution in [2.75, 3.05) is 19.6 Å². The second kappa shape index (κ2) is 7.10. The van der Waals surface area contributed by atoms with Crippen LogP contribution in [-0.2, 0) is 14.4 Å². The van der Waals surface area contributed by atoms with Gasteiger partial charge in [0.25, 0.3) is 0 Å². The van der Waals surface area contributed by atoms with Gasteiger partial charge >= 0.3 is 0 Å². The molecule has 1 rings (SSSR count). The lowest BCUT2D eigenvalue weighted by Crippen LogP contribution is -2.40. The van der Waals surface area contributed by atoms with E-state index >= 15 is 0 Å². The summed E-state index contributed by atoms with van der Waals surface area (Å²) in [5.74, 6) is -0.361. The fraction of sp³-hybridized carbons (Fsp3) is 0.750. The molecule has 0 radical (unpaired) electrons. The highest BCUT2D eigenvalue weighted by Crippen LogP contribution is 2.12. The predicted molar refractivity (Wildman–Crippen MR) is 66.7 cm³/mol. The van der Waals surface area contributed by atoms with Crippen LogP contribution in [0.5, 0.6) is 0 Å². The fourth-order valence-corrected chi connectivity index (χ4v) is 1.89. The summed E-state index contributed by atoms with van der Waals surface area (Å²) in [6.45, 7) is 5.25. The van der Waals surface area contributed by atoms with Crippen LogP contribution >= 0.6 is 0 Å². The third-order valence-corrected chi connectivity index (χ3v) is 2.88. The Kier molecular flexibility index (Phi) is 5.77. The van der Waals surface area contributed by atoms with E-state index in [9.17, 15) is 14.4 Å². The van der Waals surface area contributed by atoms with E-state index in [1.165, 1.54) is 4.90 Å². The lowest BCUT2D eigenvalue weighted by molar-refractivity contribution is -0.138. The van der Waals surface area contributed by atoms with Crippen molar-refractivity contribution < 1.29 is 14.4 Å². The molecule has 1 saturated heterocycles. The van der Waals surface area contributed by atoms with Gasteiger partial charge in [-0.1, -0.05) is 6.92 Å².